The molecule has 184 valence electrons. The lowest BCUT2D eigenvalue weighted by Crippen LogP contribution is -2.31. The number of halogens is 3. The Kier molecular flexibility index (Phi) is 6.79. The number of hydrogen-bond donors (Lipinski definition) is 3. The summed E-state index contributed by atoms with van der Waals surface area (Å²) >= 11 is 5.33. The van der Waals surface area contributed by atoms with Crippen LogP contribution in [0.15, 0.2) is 36.7 Å². The summed E-state index contributed by atoms with van der Waals surface area (Å²) in [5, 5.41) is 6.15. The molecule has 0 saturated heterocycles. The van der Waals surface area contributed by atoms with Crippen LogP contribution >= 0.6 is 12.2 Å². The second-order valence-electron chi connectivity index (χ2n) is 9.49. The SMILES string of the molecule is Cc1ncc(CCCC(C)(C)N)cc1Nc1ncc2c(n1)-c1ccc(C(F)(F)F)cc1NC(=S)C2. The van der Waals surface area contributed by atoms with Crippen molar-refractivity contribution in [2.75, 3.05) is 10.6 Å². The van der Waals surface area contributed by atoms with E-state index in [1.165, 1.54) is 6.07 Å². The van der Waals surface area contributed by atoms with Crippen molar-refractivity contribution in [1.29, 1.82) is 0 Å². The minimum absolute atomic E-state index is 0.219. The molecule has 0 bridgehead atoms. The number of nitrogens with zero attached hydrogens (tertiary/aromatic N) is 3. The van der Waals surface area contributed by atoms with Crippen molar-refractivity contribution in [3.8, 4) is 11.3 Å². The maximum atomic E-state index is 13.3. The first-order valence-corrected chi connectivity index (χ1v) is 11.7. The number of hydrogen-bond acceptors (Lipinski definition) is 6. The van der Waals surface area contributed by atoms with Crippen LogP contribution in [0.2, 0.25) is 0 Å². The summed E-state index contributed by atoms with van der Waals surface area (Å²) in [5.41, 5.74) is 9.80. The highest BCUT2D eigenvalue weighted by molar-refractivity contribution is 7.80. The van der Waals surface area contributed by atoms with Crippen molar-refractivity contribution in [1.82, 2.24) is 15.0 Å². The minimum Gasteiger partial charge on any atom is -0.349 e. The Hall–Kier alpha value is -3.11. The summed E-state index contributed by atoms with van der Waals surface area (Å²) in [6.45, 7) is 5.90. The zero-order valence-corrected chi connectivity index (χ0v) is 20.6. The van der Waals surface area contributed by atoms with Crippen LogP contribution in [-0.2, 0) is 19.0 Å². The first-order valence-electron chi connectivity index (χ1n) is 11.3. The molecule has 0 aliphatic carbocycles. The zero-order valence-electron chi connectivity index (χ0n) is 19.8. The third-order valence-electron chi connectivity index (χ3n) is 5.77. The van der Waals surface area contributed by atoms with Crippen LogP contribution in [0.1, 0.15) is 49.1 Å². The van der Waals surface area contributed by atoms with Crippen molar-refractivity contribution in [3.05, 3.63) is 59.0 Å². The van der Waals surface area contributed by atoms with E-state index in [4.69, 9.17) is 18.0 Å². The lowest BCUT2D eigenvalue weighted by molar-refractivity contribution is -0.137. The Bertz CT molecular complexity index is 1270. The van der Waals surface area contributed by atoms with Crippen LogP contribution in [0, 0.1) is 6.92 Å². The lowest BCUT2D eigenvalue weighted by atomic mass is 9.97. The van der Waals surface area contributed by atoms with Gasteiger partial charge >= 0.3 is 6.18 Å². The number of fused-ring (bicyclic) bond motifs is 3. The second kappa shape index (κ2) is 9.50. The monoisotopic (exact) mass is 500 g/mol. The highest BCUT2D eigenvalue weighted by Crippen LogP contribution is 2.38. The topological polar surface area (TPSA) is 88.8 Å². The van der Waals surface area contributed by atoms with Crippen LogP contribution in [0.4, 0.5) is 30.5 Å². The molecule has 0 atom stereocenters. The van der Waals surface area contributed by atoms with E-state index in [1.54, 1.807) is 6.20 Å². The van der Waals surface area contributed by atoms with E-state index in [9.17, 15) is 13.2 Å². The molecule has 3 aromatic rings. The van der Waals surface area contributed by atoms with E-state index in [0.717, 1.165) is 53.9 Å². The number of anilines is 3. The number of rotatable bonds is 6. The van der Waals surface area contributed by atoms with Gasteiger partial charge in [0.2, 0.25) is 5.95 Å². The number of pyridine rings is 1. The molecule has 3 heterocycles. The number of nitrogens with one attached hydrogen (secondary N) is 2. The van der Waals surface area contributed by atoms with Crippen molar-refractivity contribution >= 4 is 34.5 Å². The van der Waals surface area contributed by atoms with E-state index in [1.807, 2.05) is 33.0 Å². The maximum Gasteiger partial charge on any atom is 0.416 e. The van der Waals surface area contributed by atoms with E-state index in [0.29, 0.717) is 28.6 Å². The van der Waals surface area contributed by atoms with Gasteiger partial charge in [-0.2, -0.15) is 13.2 Å². The largest absolute Gasteiger partial charge is 0.416 e. The van der Waals surface area contributed by atoms with E-state index >= 15 is 0 Å². The molecule has 0 radical (unpaired) electrons. The molecule has 4 rings (SSSR count). The van der Waals surface area contributed by atoms with E-state index in [2.05, 4.69) is 25.6 Å². The highest BCUT2D eigenvalue weighted by Gasteiger charge is 2.32. The standard InChI is InChI=1S/C25H27F3N6S/c1-14-19(9-15(12-30-14)5-4-8-24(2,3)29)33-23-31-13-16-10-21(35)32-20-11-17(25(26,27)28)6-7-18(20)22(16)34-23/h6-7,9,11-13H,4-5,8,10,29H2,1-3H3,(H,32,35)(H,31,33,34). The van der Waals surface area contributed by atoms with Crippen molar-refractivity contribution in [2.45, 2.75) is 58.2 Å². The Morgan fingerprint density at radius 3 is 2.63 bits per heavy atom. The molecular weight excluding hydrogens is 473 g/mol. The van der Waals surface area contributed by atoms with Gasteiger partial charge < -0.3 is 16.4 Å². The van der Waals surface area contributed by atoms with E-state index < -0.39 is 11.7 Å². The van der Waals surface area contributed by atoms with Crippen LogP contribution in [0.5, 0.6) is 0 Å². The molecule has 35 heavy (non-hydrogen) atoms. The van der Waals surface area contributed by atoms with Crippen LogP contribution in [-0.4, -0.2) is 25.5 Å². The van der Waals surface area contributed by atoms with Crippen molar-refractivity contribution < 1.29 is 13.2 Å². The zero-order chi connectivity index (χ0) is 25.4. The van der Waals surface area contributed by atoms with Gasteiger partial charge in [-0.3, -0.25) is 4.98 Å². The van der Waals surface area contributed by atoms with Crippen LogP contribution < -0.4 is 16.4 Å². The number of alkyl halides is 3. The molecule has 0 saturated carbocycles. The Labute approximate surface area is 207 Å². The summed E-state index contributed by atoms with van der Waals surface area (Å²) in [4.78, 5) is 14.0. The van der Waals surface area contributed by atoms with Crippen molar-refractivity contribution in [2.24, 2.45) is 5.73 Å². The summed E-state index contributed by atoms with van der Waals surface area (Å²) in [7, 11) is 0. The van der Waals surface area contributed by atoms with Gasteiger partial charge in [-0.15, -0.1) is 0 Å². The molecule has 0 spiro atoms. The van der Waals surface area contributed by atoms with Gasteiger partial charge in [0.25, 0.3) is 0 Å². The minimum atomic E-state index is -4.46. The summed E-state index contributed by atoms with van der Waals surface area (Å²) in [6.07, 6.45) is 2.04. The molecule has 10 heteroatoms. The molecule has 0 fully saturated rings. The number of thiocarbonyl (C=S) groups is 1. The highest BCUT2D eigenvalue weighted by atomic mass is 32.1. The second-order valence-corrected chi connectivity index (χ2v) is 9.99. The normalized spacial score (nSPS) is 13.5. The molecule has 1 aliphatic heterocycles. The number of aromatic nitrogens is 3. The Morgan fingerprint density at radius 1 is 1.14 bits per heavy atom. The van der Waals surface area contributed by atoms with Gasteiger partial charge in [-0.05, 0) is 63.8 Å². The molecule has 1 aromatic carbocycles. The summed E-state index contributed by atoms with van der Waals surface area (Å²) < 4.78 is 39.8. The van der Waals surface area contributed by atoms with Gasteiger partial charge in [0.15, 0.2) is 0 Å². The van der Waals surface area contributed by atoms with Crippen LogP contribution in [0.3, 0.4) is 0 Å². The Morgan fingerprint density at radius 2 is 1.91 bits per heavy atom. The molecular formula is C25H27F3N6S. The third kappa shape index (κ3) is 6.12. The van der Waals surface area contributed by atoms with Crippen molar-refractivity contribution in [3.63, 3.8) is 0 Å². The number of aryl methyl sites for hydroxylation is 2. The fourth-order valence-electron chi connectivity index (χ4n) is 3.94. The molecule has 1 aliphatic rings. The van der Waals surface area contributed by atoms with Gasteiger partial charge in [-0.25, -0.2) is 9.97 Å². The smallest absolute Gasteiger partial charge is 0.349 e. The summed E-state index contributed by atoms with van der Waals surface area (Å²) in [6, 6.07) is 5.54. The van der Waals surface area contributed by atoms with Gasteiger partial charge in [0, 0.05) is 41.2 Å². The average molecular weight is 501 g/mol. The number of benzene rings is 1. The Balaban J connectivity index is 1.64. The predicted octanol–water partition coefficient (Wildman–Crippen LogP) is 5.96. The predicted molar refractivity (Wildman–Crippen MR) is 136 cm³/mol. The fraction of sp³-hybridized carbons (Fsp3) is 0.360. The van der Waals surface area contributed by atoms with Gasteiger partial charge in [0.05, 0.1) is 27.6 Å². The molecule has 0 amide bonds. The first kappa shape index (κ1) is 25.0. The summed E-state index contributed by atoms with van der Waals surface area (Å²) in [5.74, 6) is 0.326. The molecule has 0 unspecified atom stereocenters. The third-order valence-corrected chi connectivity index (χ3v) is 6.01. The quantitative estimate of drug-likeness (QED) is 0.360. The number of nitrogens with two attached hydrogens (primary N) is 1. The molecule has 6 nitrogen and oxygen atoms in total. The fourth-order valence-corrected chi connectivity index (χ4v) is 4.20. The molecule has 4 N–H and O–H groups in total. The first-order chi connectivity index (χ1) is 16.4. The molecule has 2 aromatic heterocycles. The van der Waals surface area contributed by atoms with E-state index in [-0.39, 0.29) is 11.2 Å². The maximum absolute atomic E-state index is 13.3. The van der Waals surface area contributed by atoms with Gasteiger partial charge in [0.1, 0.15) is 0 Å². The average Bonchev–Trinajstić information content (AvgIpc) is 2.89. The lowest BCUT2D eigenvalue weighted by Gasteiger charge is -2.18. The van der Waals surface area contributed by atoms with Gasteiger partial charge in [-0.1, -0.05) is 18.3 Å². The van der Waals surface area contributed by atoms with Crippen LogP contribution in [0.25, 0.3) is 11.3 Å².